The largest absolute Gasteiger partial charge is 0.489 e. The van der Waals surface area contributed by atoms with Crippen LogP contribution in [0.1, 0.15) is 105 Å². The smallest absolute Gasteiger partial charge is 0.337 e. The number of nitrogens with zero attached hydrogens (tertiary/aromatic N) is 1. The maximum absolute atomic E-state index is 13.9. The minimum Gasteiger partial charge on any atom is -0.489 e. The van der Waals surface area contributed by atoms with Gasteiger partial charge >= 0.3 is 11.9 Å². The molecule has 0 aliphatic heterocycles. The molecule has 2 N–H and O–H groups in total. The molecule has 1 fully saturated rings. The number of anilines is 2. The number of aryl methyl sites for hydroxylation is 1. The first-order chi connectivity index (χ1) is 26.1. The lowest BCUT2D eigenvalue weighted by Crippen LogP contribution is -2.42. The molecule has 1 saturated carbocycles. The molecule has 0 radical (unpaired) electrons. The monoisotopic (exact) mass is 751 g/mol. The van der Waals surface area contributed by atoms with Gasteiger partial charge < -0.3 is 24.8 Å². The highest BCUT2D eigenvalue weighted by Gasteiger charge is 2.31. The highest BCUT2D eigenvalue weighted by Crippen LogP contribution is 2.39. The van der Waals surface area contributed by atoms with Crippen molar-refractivity contribution in [2.24, 2.45) is 5.92 Å². The summed E-state index contributed by atoms with van der Waals surface area (Å²) in [5.74, 6) is -0.418. The number of hydrogen-bond donors (Lipinski definition) is 2. The van der Waals surface area contributed by atoms with E-state index in [1.807, 2.05) is 42.5 Å². The zero-order valence-electron chi connectivity index (χ0n) is 31.4. The summed E-state index contributed by atoms with van der Waals surface area (Å²) in [6.07, 6.45) is 7.24. The normalized spacial score (nSPS) is 16.7. The standard InChI is InChI=1S/C43H49N3O7S/c1-27(2)46(34-20-14-30(15-21-34)42(49)51-3)25-29-8-7-9-32(24-29)39(47)45-41-38(36-10-5-6-11-37(36)54-41)40(48)44-33-18-12-28(13-19-33)26-53-35-22-16-31(17-23-35)43(50)52-4/h7-9,12-13,16-19,22-24,27,30,34H,5-6,10-11,14-15,20-21,25-26H2,1-4H3,(H,44,48)(H,45,47)/t30-,34-. The van der Waals surface area contributed by atoms with Gasteiger partial charge in [0.15, 0.2) is 0 Å². The number of hydrogen-bond acceptors (Lipinski definition) is 9. The lowest BCUT2D eigenvalue weighted by molar-refractivity contribution is -0.147. The van der Waals surface area contributed by atoms with Crippen LogP contribution in [0.4, 0.5) is 10.7 Å². The number of thiophene rings is 1. The van der Waals surface area contributed by atoms with Gasteiger partial charge in [-0.05, 0) is 130 Å². The van der Waals surface area contributed by atoms with Crippen LogP contribution in [0.5, 0.6) is 5.75 Å². The second kappa shape index (κ2) is 17.9. The van der Waals surface area contributed by atoms with Crippen LogP contribution >= 0.6 is 11.3 Å². The predicted octanol–water partition coefficient (Wildman–Crippen LogP) is 8.44. The molecule has 2 amide bonds. The first-order valence-electron chi connectivity index (χ1n) is 18.7. The molecule has 2 aliphatic rings. The van der Waals surface area contributed by atoms with E-state index in [4.69, 9.17) is 14.2 Å². The molecule has 0 saturated heterocycles. The minimum absolute atomic E-state index is 0.0273. The molecule has 3 aromatic carbocycles. The highest BCUT2D eigenvalue weighted by atomic mass is 32.1. The van der Waals surface area contributed by atoms with Crippen LogP contribution in [0.25, 0.3) is 0 Å². The maximum Gasteiger partial charge on any atom is 0.337 e. The summed E-state index contributed by atoms with van der Waals surface area (Å²) in [5.41, 5.74) is 5.14. The third kappa shape index (κ3) is 9.37. The van der Waals surface area contributed by atoms with Gasteiger partial charge in [0.05, 0.1) is 31.3 Å². The molecular weight excluding hydrogens is 703 g/mol. The quantitative estimate of drug-likeness (QED) is 0.131. The average Bonchev–Trinajstić information content (AvgIpc) is 3.57. The molecule has 10 nitrogen and oxygen atoms in total. The van der Waals surface area contributed by atoms with Crippen LogP contribution < -0.4 is 15.4 Å². The van der Waals surface area contributed by atoms with Gasteiger partial charge in [-0.3, -0.25) is 19.3 Å². The SMILES string of the molecule is COC(=O)c1ccc(OCc2ccc(NC(=O)c3c(NC(=O)c4cccc(CN(C(C)C)[C@H]5CC[C@H](C(=O)OC)CC5)c4)sc4c3CCCC4)cc2)cc1. The van der Waals surface area contributed by atoms with Gasteiger partial charge in [-0.2, -0.15) is 0 Å². The van der Waals surface area contributed by atoms with Crippen molar-refractivity contribution >= 4 is 45.8 Å². The summed E-state index contributed by atoms with van der Waals surface area (Å²) < 4.78 is 15.6. The van der Waals surface area contributed by atoms with Crippen LogP contribution in [0.3, 0.4) is 0 Å². The number of carbonyl (C=O) groups is 4. The molecule has 1 aromatic heterocycles. The maximum atomic E-state index is 13.9. The van der Waals surface area contributed by atoms with E-state index in [-0.39, 0.29) is 23.7 Å². The Morgan fingerprint density at radius 1 is 0.796 bits per heavy atom. The Morgan fingerprint density at radius 3 is 2.20 bits per heavy atom. The molecule has 4 aromatic rings. The summed E-state index contributed by atoms with van der Waals surface area (Å²) in [5, 5.41) is 6.74. The van der Waals surface area contributed by atoms with Crippen LogP contribution in [-0.2, 0) is 40.3 Å². The topological polar surface area (TPSA) is 123 Å². The second-order valence-corrected chi connectivity index (χ2v) is 15.4. The molecule has 284 valence electrons. The lowest BCUT2D eigenvalue weighted by atomic mass is 9.84. The van der Waals surface area contributed by atoms with Crippen molar-refractivity contribution in [1.82, 2.24) is 4.90 Å². The number of amides is 2. The Labute approximate surface area is 321 Å². The average molecular weight is 752 g/mol. The molecule has 11 heteroatoms. The molecule has 0 spiro atoms. The van der Waals surface area contributed by atoms with Gasteiger partial charge in [-0.25, -0.2) is 4.79 Å². The van der Waals surface area contributed by atoms with Crippen LogP contribution in [0.15, 0.2) is 72.8 Å². The van der Waals surface area contributed by atoms with Crippen molar-refractivity contribution in [3.8, 4) is 5.75 Å². The molecule has 0 atom stereocenters. The number of ether oxygens (including phenoxy) is 3. The summed E-state index contributed by atoms with van der Waals surface area (Å²) in [6, 6.07) is 22.6. The minimum atomic E-state index is -0.403. The van der Waals surface area contributed by atoms with Crippen molar-refractivity contribution in [2.45, 2.75) is 90.4 Å². The number of carbonyl (C=O) groups excluding carboxylic acids is 4. The fourth-order valence-electron chi connectivity index (χ4n) is 7.48. The first-order valence-corrected chi connectivity index (χ1v) is 19.5. The van der Waals surface area contributed by atoms with E-state index in [1.165, 1.54) is 25.6 Å². The van der Waals surface area contributed by atoms with Gasteiger partial charge in [0.2, 0.25) is 0 Å². The number of nitrogens with one attached hydrogen (secondary N) is 2. The summed E-state index contributed by atoms with van der Waals surface area (Å²) >= 11 is 1.50. The van der Waals surface area contributed by atoms with E-state index in [9.17, 15) is 19.2 Å². The summed E-state index contributed by atoms with van der Waals surface area (Å²) in [6.45, 7) is 5.39. The van der Waals surface area contributed by atoms with Gasteiger partial charge in [0.25, 0.3) is 11.8 Å². The van der Waals surface area contributed by atoms with Gasteiger partial charge in [-0.15, -0.1) is 11.3 Å². The second-order valence-electron chi connectivity index (χ2n) is 14.3. The van der Waals surface area contributed by atoms with Crippen LogP contribution in [0, 0.1) is 5.92 Å². The third-order valence-electron chi connectivity index (χ3n) is 10.4. The zero-order valence-corrected chi connectivity index (χ0v) is 32.3. The Bertz CT molecular complexity index is 1950. The van der Waals surface area contributed by atoms with E-state index < -0.39 is 5.97 Å². The highest BCUT2D eigenvalue weighted by molar-refractivity contribution is 7.17. The van der Waals surface area contributed by atoms with Gasteiger partial charge in [0.1, 0.15) is 17.4 Å². The van der Waals surface area contributed by atoms with Gasteiger partial charge in [-0.1, -0.05) is 24.3 Å². The van der Waals surface area contributed by atoms with Crippen molar-refractivity contribution in [3.63, 3.8) is 0 Å². The number of esters is 2. The fourth-order valence-corrected chi connectivity index (χ4v) is 8.77. The van der Waals surface area contributed by atoms with Gasteiger partial charge in [0, 0.05) is 34.8 Å². The molecule has 0 unspecified atom stereocenters. The fraction of sp³-hybridized carbons (Fsp3) is 0.395. The Hall–Kier alpha value is -5.00. The molecular formula is C43H49N3O7S. The van der Waals surface area contributed by atoms with Crippen molar-refractivity contribution in [1.29, 1.82) is 0 Å². The first kappa shape index (κ1) is 38.7. The summed E-state index contributed by atoms with van der Waals surface area (Å²) in [7, 11) is 2.80. The van der Waals surface area contributed by atoms with E-state index in [0.717, 1.165) is 72.9 Å². The number of benzene rings is 3. The summed E-state index contributed by atoms with van der Waals surface area (Å²) in [4.78, 5) is 55.1. The van der Waals surface area contributed by atoms with E-state index in [2.05, 4.69) is 35.4 Å². The van der Waals surface area contributed by atoms with Crippen molar-refractivity contribution in [2.75, 3.05) is 24.9 Å². The third-order valence-corrected chi connectivity index (χ3v) is 11.6. The van der Waals surface area contributed by atoms with E-state index in [1.54, 1.807) is 24.3 Å². The molecule has 6 rings (SSSR count). The predicted molar refractivity (Wildman–Crippen MR) is 210 cm³/mol. The van der Waals surface area contributed by atoms with E-state index in [0.29, 0.717) is 58.4 Å². The lowest BCUT2D eigenvalue weighted by Gasteiger charge is -2.39. The molecule has 54 heavy (non-hydrogen) atoms. The van der Waals surface area contributed by atoms with Crippen molar-refractivity contribution in [3.05, 3.63) is 111 Å². The zero-order chi connectivity index (χ0) is 38.2. The Balaban J connectivity index is 1.10. The molecule has 1 heterocycles. The number of methoxy groups -OCH3 is 2. The van der Waals surface area contributed by atoms with Crippen LogP contribution in [-0.4, -0.2) is 55.0 Å². The van der Waals surface area contributed by atoms with Crippen LogP contribution in [0.2, 0.25) is 0 Å². The number of rotatable bonds is 13. The Kier molecular flexibility index (Phi) is 12.8. The number of fused-ring (bicyclic) bond motifs is 1. The van der Waals surface area contributed by atoms with Crippen molar-refractivity contribution < 1.29 is 33.4 Å². The Morgan fingerprint density at radius 2 is 1.52 bits per heavy atom. The molecule has 0 bridgehead atoms. The molecule has 2 aliphatic carbocycles. The van der Waals surface area contributed by atoms with E-state index >= 15 is 0 Å².